The van der Waals surface area contributed by atoms with Crippen LogP contribution in [-0.2, 0) is 0 Å². The van der Waals surface area contributed by atoms with E-state index in [1.807, 2.05) is 13.0 Å². The number of thiocarbonyl (C=S) groups is 1. The molecule has 9 heteroatoms. The van der Waals surface area contributed by atoms with Crippen LogP contribution in [0.3, 0.4) is 0 Å². The first-order chi connectivity index (χ1) is 16.4. The lowest BCUT2D eigenvalue weighted by atomic mass is 9.94. The van der Waals surface area contributed by atoms with Crippen LogP contribution in [0.2, 0.25) is 5.02 Å². The molecular weight excluding hydrogens is 478 g/mol. The normalized spacial score (nSPS) is 16.1. The van der Waals surface area contributed by atoms with E-state index in [0.717, 1.165) is 0 Å². The third-order valence-corrected chi connectivity index (χ3v) is 6.03. The second kappa shape index (κ2) is 8.96. The molecule has 5 rings (SSSR count). The number of nitrogens with zero attached hydrogens (tertiary/aromatic N) is 3. The van der Waals surface area contributed by atoms with Crippen LogP contribution in [0, 0.1) is 11.6 Å². The van der Waals surface area contributed by atoms with Crippen LogP contribution < -0.4 is 10.2 Å². The summed E-state index contributed by atoms with van der Waals surface area (Å²) >= 11 is 11.8. The highest BCUT2D eigenvalue weighted by molar-refractivity contribution is 7.80. The van der Waals surface area contributed by atoms with E-state index in [0.29, 0.717) is 44.0 Å². The molecule has 34 heavy (non-hydrogen) atoms. The van der Waals surface area contributed by atoms with Crippen LogP contribution in [0.1, 0.15) is 24.4 Å². The summed E-state index contributed by atoms with van der Waals surface area (Å²) in [4.78, 5) is 6.36. The largest absolute Gasteiger partial charge is 0.351 e. The Bertz CT molecular complexity index is 1420. The molecule has 1 aliphatic rings. The minimum atomic E-state index is -0.549. The van der Waals surface area contributed by atoms with Crippen molar-refractivity contribution in [1.29, 1.82) is 0 Å². The highest BCUT2D eigenvalue weighted by Gasteiger charge is 2.35. The number of hydrogen-bond donors (Lipinski definition) is 1. The van der Waals surface area contributed by atoms with E-state index >= 15 is 0 Å². The third-order valence-electron chi connectivity index (χ3n) is 5.49. The van der Waals surface area contributed by atoms with Gasteiger partial charge in [-0.05, 0) is 73.2 Å². The molecule has 0 bridgehead atoms. The zero-order chi connectivity index (χ0) is 23.8. The molecule has 1 aromatic heterocycles. The molecule has 170 valence electrons. The molecule has 1 N–H and O–H groups in total. The number of hydrogen-bond acceptors (Lipinski definition) is 4. The Kier molecular flexibility index (Phi) is 5.85. The quantitative estimate of drug-likeness (QED) is 0.325. The highest BCUT2D eigenvalue weighted by atomic mass is 35.5. The fourth-order valence-corrected chi connectivity index (χ4v) is 4.49. The average Bonchev–Trinajstić information content (AvgIpc) is 3.30. The maximum absolute atomic E-state index is 14.1. The van der Waals surface area contributed by atoms with Gasteiger partial charge in [0.1, 0.15) is 11.6 Å². The summed E-state index contributed by atoms with van der Waals surface area (Å²) in [5, 5.41) is 8.30. The Hall–Kier alpha value is -3.62. The minimum Gasteiger partial charge on any atom is -0.351 e. The van der Waals surface area contributed by atoms with Gasteiger partial charge in [-0.2, -0.15) is 4.98 Å². The summed E-state index contributed by atoms with van der Waals surface area (Å²) in [6.07, 6.45) is 0. The van der Waals surface area contributed by atoms with Gasteiger partial charge in [0.25, 0.3) is 5.89 Å². The summed E-state index contributed by atoms with van der Waals surface area (Å²) in [5.41, 5.74) is 3.28. The molecule has 0 fully saturated rings. The van der Waals surface area contributed by atoms with Gasteiger partial charge in [0.2, 0.25) is 5.82 Å². The van der Waals surface area contributed by atoms with Gasteiger partial charge in [-0.15, -0.1) is 0 Å². The molecule has 0 saturated carbocycles. The first-order valence-electron chi connectivity index (χ1n) is 10.3. The molecule has 0 radical (unpaired) electrons. The smallest absolute Gasteiger partial charge is 0.258 e. The highest BCUT2D eigenvalue weighted by Crippen LogP contribution is 2.39. The molecule has 0 saturated heterocycles. The van der Waals surface area contributed by atoms with E-state index in [-0.39, 0.29) is 17.5 Å². The Balaban J connectivity index is 1.66. The van der Waals surface area contributed by atoms with Crippen molar-refractivity contribution < 1.29 is 13.3 Å². The van der Waals surface area contributed by atoms with Gasteiger partial charge in [0, 0.05) is 22.0 Å². The minimum absolute atomic E-state index is 0.240. The number of nitrogens with one attached hydrogen (secondary N) is 1. The van der Waals surface area contributed by atoms with Crippen molar-refractivity contribution in [2.75, 3.05) is 4.90 Å². The molecule has 0 spiro atoms. The van der Waals surface area contributed by atoms with Gasteiger partial charge >= 0.3 is 0 Å². The Morgan fingerprint density at radius 3 is 2.50 bits per heavy atom. The van der Waals surface area contributed by atoms with E-state index in [1.165, 1.54) is 24.3 Å². The van der Waals surface area contributed by atoms with Crippen LogP contribution in [0.5, 0.6) is 0 Å². The van der Waals surface area contributed by atoms with Crippen LogP contribution in [-0.4, -0.2) is 15.3 Å². The summed E-state index contributed by atoms with van der Waals surface area (Å²) in [6.45, 7) is 1.85. The predicted octanol–water partition coefficient (Wildman–Crippen LogP) is 6.54. The molecule has 0 amide bonds. The van der Waals surface area contributed by atoms with Crippen LogP contribution in [0.25, 0.3) is 17.0 Å². The lowest BCUT2D eigenvalue weighted by Crippen LogP contribution is -2.46. The average molecular weight is 495 g/mol. The lowest BCUT2D eigenvalue weighted by molar-refractivity contribution is 0.404. The molecule has 5 nitrogen and oxygen atoms in total. The molecule has 0 aliphatic carbocycles. The van der Waals surface area contributed by atoms with E-state index in [2.05, 4.69) is 15.5 Å². The Labute approximate surface area is 204 Å². The maximum Gasteiger partial charge on any atom is 0.258 e. The number of aromatic nitrogens is 2. The van der Waals surface area contributed by atoms with Crippen molar-refractivity contribution in [1.82, 2.24) is 15.5 Å². The van der Waals surface area contributed by atoms with Crippen molar-refractivity contribution in [3.8, 4) is 11.4 Å². The number of rotatable bonds is 4. The number of halogens is 3. The van der Waals surface area contributed by atoms with Crippen molar-refractivity contribution in [2.24, 2.45) is 0 Å². The van der Waals surface area contributed by atoms with E-state index in [1.54, 1.807) is 47.4 Å². The fourth-order valence-electron chi connectivity index (χ4n) is 3.93. The van der Waals surface area contributed by atoms with Gasteiger partial charge in [0.05, 0.1) is 11.6 Å². The standard InChI is InChI=1S/C25H17ClF2N4OS/c1-14-21(24-30-23(31-33-24)16-5-2-6-17(26)12-16)22(15-4-3-7-19(28)13-15)29-25(34)32(14)20-10-8-18(27)9-11-20/h2-13,22H,1H3,(H,29,34). The predicted molar refractivity (Wildman–Crippen MR) is 131 cm³/mol. The SMILES string of the molecule is CC1=C(c2nc(-c3cccc(Cl)c3)no2)C(c2cccc(F)c2)NC(=S)N1c1ccc(F)cc1. The molecule has 1 unspecified atom stereocenters. The maximum atomic E-state index is 14.1. The molecule has 1 atom stereocenters. The molecule has 4 aromatic rings. The molecule has 3 aromatic carbocycles. The van der Waals surface area contributed by atoms with E-state index < -0.39 is 6.04 Å². The third kappa shape index (κ3) is 4.18. The topological polar surface area (TPSA) is 54.2 Å². The van der Waals surface area contributed by atoms with Crippen LogP contribution in [0.4, 0.5) is 14.5 Å². The molecular formula is C25H17ClF2N4OS. The first-order valence-corrected chi connectivity index (χ1v) is 11.1. The monoisotopic (exact) mass is 494 g/mol. The molecule has 1 aliphatic heterocycles. The van der Waals surface area contributed by atoms with Gasteiger partial charge in [-0.3, -0.25) is 4.90 Å². The Morgan fingerprint density at radius 2 is 1.76 bits per heavy atom. The lowest BCUT2D eigenvalue weighted by Gasteiger charge is -2.37. The van der Waals surface area contributed by atoms with Crippen LogP contribution >= 0.6 is 23.8 Å². The van der Waals surface area contributed by atoms with Gasteiger partial charge in [-0.25, -0.2) is 8.78 Å². The number of allylic oxidation sites excluding steroid dienone is 1. The first kappa shape index (κ1) is 22.2. The summed E-state index contributed by atoms with van der Waals surface area (Å²) in [5.74, 6) is -0.142. The second-order valence-electron chi connectivity index (χ2n) is 7.68. The van der Waals surface area contributed by atoms with Gasteiger partial charge in [-0.1, -0.05) is 41.0 Å². The van der Waals surface area contributed by atoms with E-state index in [4.69, 9.17) is 28.3 Å². The van der Waals surface area contributed by atoms with Crippen molar-refractivity contribution >= 4 is 40.2 Å². The van der Waals surface area contributed by atoms with Crippen molar-refractivity contribution in [3.63, 3.8) is 0 Å². The van der Waals surface area contributed by atoms with Gasteiger partial charge < -0.3 is 9.84 Å². The Morgan fingerprint density at radius 1 is 1.00 bits per heavy atom. The zero-order valence-corrected chi connectivity index (χ0v) is 19.4. The zero-order valence-electron chi connectivity index (χ0n) is 17.8. The number of benzene rings is 3. The summed E-state index contributed by atoms with van der Waals surface area (Å²) in [6, 6.07) is 18.7. The van der Waals surface area contributed by atoms with Gasteiger partial charge in [0.15, 0.2) is 5.11 Å². The summed E-state index contributed by atoms with van der Waals surface area (Å²) in [7, 11) is 0. The second-order valence-corrected chi connectivity index (χ2v) is 8.51. The van der Waals surface area contributed by atoms with Crippen molar-refractivity contribution in [3.05, 3.63) is 107 Å². The number of anilines is 1. The van der Waals surface area contributed by atoms with Crippen molar-refractivity contribution in [2.45, 2.75) is 13.0 Å². The van der Waals surface area contributed by atoms with Crippen LogP contribution in [0.15, 0.2) is 83.0 Å². The van der Waals surface area contributed by atoms with E-state index in [9.17, 15) is 8.78 Å². The fraction of sp³-hybridized carbons (Fsp3) is 0.0800. The molecule has 2 heterocycles. The summed E-state index contributed by atoms with van der Waals surface area (Å²) < 4.78 is 33.3.